The van der Waals surface area contributed by atoms with Gasteiger partial charge in [-0.05, 0) is 31.0 Å². The first-order valence-electron chi connectivity index (χ1n) is 9.06. The molecule has 2 aliphatic rings. The number of morpholine rings is 1. The average molecular weight is 449 g/mol. The van der Waals surface area contributed by atoms with E-state index < -0.39 is 0 Å². The van der Waals surface area contributed by atoms with Crippen molar-refractivity contribution < 1.29 is 9.53 Å². The van der Waals surface area contributed by atoms with Gasteiger partial charge in [0.05, 0.1) is 18.2 Å². The van der Waals surface area contributed by atoms with Gasteiger partial charge in [0, 0.05) is 30.8 Å². The molecule has 1 aromatic carbocycles. The van der Waals surface area contributed by atoms with Crippen LogP contribution in [0.5, 0.6) is 0 Å². The molecule has 0 spiro atoms. The highest BCUT2D eigenvalue weighted by Crippen LogP contribution is 2.31. The van der Waals surface area contributed by atoms with Crippen molar-refractivity contribution in [3.05, 3.63) is 29.0 Å². The first-order chi connectivity index (χ1) is 12.7. The number of nitrogens with zero attached hydrogens (tertiary/aromatic N) is 3. The van der Waals surface area contributed by atoms with Gasteiger partial charge in [-0.1, -0.05) is 18.0 Å². The van der Waals surface area contributed by atoms with E-state index >= 15 is 0 Å². The molecule has 28 heavy (non-hydrogen) atoms. The zero-order valence-corrected chi connectivity index (χ0v) is 17.7. The highest BCUT2D eigenvalue weighted by Gasteiger charge is 2.22. The second kappa shape index (κ2) is 10.4. The maximum absolute atomic E-state index is 12.4. The zero-order chi connectivity index (χ0) is 17.9. The Bertz CT molecular complexity index is 809. The molecule has 10 heteroatoms. The molecule has 7 nitrogen and oxygen atoms in total. The predicted molar refractivity (Wildman–Crippen MR) is 114 cm³/mol. The van der Waals surface area contributed by atoms with Crippen molar-refractivity contribution in [2.45, 2.75) is 38.3 Å². The van der Waals surface area contributed by atoms with Gasteiger partial charge in [-0.2, -0.15) is 0 Å². The number of amides is 1. The lowest BCUT2D eigenvalue weighted by Gasteiger charge is -2.23. The number of ether oxygens (including phenoxy) is 1. The number of aryl methyl sites for hydroxylation is 1. The highest BCUT2D eigenvalue weighted by molar-refractivity contribution is 6.33. The molecule has 2 N–H and O–H groups in total. The molecule has 0 saturated carbocycles. The molecule has 0 radical (unpaired) electrons. The number of halogens is 3. The summed E-state index contributed by atoms with van der Waals surface area (Å²) in [6.07, 6.45) is 4.38. The Morgan fingerprint density at radius 2 is 2.11 bits per heavy atom. The molecular formula is C18H24Cl3N5O2. The Balaban J connectivity index is 0.00000140. The van der Waals surface area contributed by atoms with E-state index in [1.54, 1.807) is 12.1 Å². The van der Waals surface area contributed by atoms with Gasteiger partial charge in [-0.25, -0.2) is 0 Å². The smallest absolute Gasteiger partial charge is 0.243 e. The van der Waals surface area contributed by atoms with Crippen LogP contribution in [0.2, 0.25) is 5.02 Å². The van der Waals surface area contributed by atoms with Crippen LogP contribution in [-0.4, -0.2) is 46.5 Å². The summed E-state index contributed by atoms with van der Waals surface area (Å²) in [5.41, 5.74) is 1.48. The van der Waals surface area contributed by atoms with Crippen molar-refractivity contribution in [3.63, 3.8) is 0 Å². The highest BCUT2D eigenvalue weighted by atomic mass is 35.5. The molecule has 0 aliphatic carbocycles. The summed E-state index contributed by atoms with van der Waals surface area (Å²) in [6.45, 7) is 2.58. The Morgan fingerprint density at radius 3 is 2.89 bits per heavy atom. The first-order valence-corrected chi connectivity index (χ1v) is 9.44. The molecule has 2 aromatic rings. The third-order valence-electron chi connectivity index (χ3n) is 4.82. The third-order valence-corrected chi connectivity index (χ3v) is 5.15. The van der Waals surface area contributed by atoms with Gasteiger partial charge in [0.15, 0.2) is 5.82 Å². The number of fused-ring (bicyclic) bond motifs is 1. The predicted octanol–water partition coefficient (Wildman–Crippen LogP) is 3.10. The van der Waals surface area contributed by atoms with E-state index in [2.05, 4.69) is 25.4 Å². The third kappa shape index (κ3) is 4.96. The normalized spacial score (nSPS) is 18.8. The molecule has 1 atom stereocenters. The van der Waals surface area contributed by atoms with Crippen molar-refractivity contribution in [3.8, 4) is 11.4 Å². The summed E-state index contributed by atoms with van der Waals surface area (Å²) in [7, 11) is 0. The molecule has 3 heterocycles. The standard InChI is InChI=1S/C18H22ClN5O2.2ClH/c19-14-6-5-12(21-18(25)15-11-26-9-7-20-15)10-13(14)17-23-22-16-4-2-1-3-8-24(16)17;;/h5-6,10,15,20H,1-4,7-9,11H2,(H,21,25);2*1H. The first kappa shape index (κ1) is 22.9. The topological polar surface area (TPSA) is 81.1 Å². The van der Waals surface area contributed by atoms with Gasteiger partial charge in [0.2, 0.25) is 5.91 Å². The molecule has 1 aromatic heterocycles. The van der Waals surface area contributed by atoms with Crippen molar-refractivity contribution in [1.82, 2.24) is 20.1 Å². The maximum Gasteiger partial charge on any atom is 0.243 e. The van der Waals surface area contributed by atoms with E-state index in [0.29, 0.717) is 30.5 Å². The molecule has 1 amide bonds. The van der Waals surface area contributed by atoms with E-state index in [1.165, 1.54) is 6.42 Å². The van der Waals surface area contributed by atoms with Crippen LogP contribution < -0.4 is 10.6 Å². The minimum Gasteiger partial charge on any atom is -0.378 e. The van der Waals surface area contributed by atoms with Gasteiger partial charge < -0.3 is 19.9 Å². The van der Waals surface area contributed by atoms with Gasteiger partial charge >= 0.3 is 0 Å². The quantitative estimate of drug-likeness (QED) is 0.754. The number of carbonyl (C=O) groups is 1. The second-order valence-electron chi connectivity index (χ2n) is 6.67. The Hall–Kier alpha value is -1.38. The number of anilines is 1. The van der Waals surface area contributed by atoms with E-state index in [-0.39, 0.29) is 36.8 Å². The number of benzene rings is 1. The lowest BCUT2D eigenvalue weighted by molar-refractivity contribution is -0.120. The fourth-order valence-corrected chi connectivity index (χ4v) is 3.62. The monoisotopic (exact) mass is 447 g/mol. The number of rotatable bonds is 3. The van der Waals surface area contributed by atoms with Crippen LogP contribution in [0.1, 0.15) is 25.1 Å². The molecule has 1 fully saturated rings. The fraction of sp³-hybridized carbons (Fsp3) is 0.500. The number of aromatic nitrogens is 3. The van der Waals surface area contributed by atoms with Gasteiger partial charge in [0.1, 0.15) is 11.9 Å². The molecule has 2 aliphatic heterocycles. The summed E-state index contributed by atoms with van der Waals surface area (Å²) < 4.78 is 7.50. The molecule has 0 bridgehead atoms. The fourth-order valence-electron chi connectivity index (χ4n) is 3.42. The Labute approximate surface area is 181 Å². The summed E-state index contributed by atoms with van der Waals surface area (Å²) >= 11 is 6.43. The van der Waals surface area contributed by atoms with E-state index in [9.17, 15) is 4.79 Å². The summed E-state index contributed by atoms with van der Waals surface area (Å²) in [4.78, 5) is 12.4. The molecular weight excluding hydrogens is 425 g/mol. The molecule has 1 saturated heterocycles. The molecule has 154 valence electrons. The number of hydrogen-bond donors (Lipinski definition) is 2. The van der Waals surface area contributed by atoms with E-state index in [4.69, 9.17) is 16.3 Å². The van der Waals surface area contributed by atoms with Crippen LogP contribution in [-0.2, 0) is 22.5 Å². The van der Waals surface area contributed by atoms with Crippen LogP contribution in [0.25, 0.3) is 11.4 Å². The molecule has 4 rings (SSSR count). The average Bonchev–Trinajstić information content (AvgIpc) is 2.92. The lowest BCUT2D eigenvalue weighted by atomic mass is 10.1. The SMILES string of the molecule is Cl.Cl.O=C(Nc1ccc(Cl)c(-c2nnc3n2CCCCC3)c1)C1COCCN1. The van der Waals surface area contributed by atoms with Crippen LogP contribution in [0.15, 0.2) is 18.2 Å². The number of carbonyl (C=O) groups excluding carboxylic acids is 1. The summed E-state index contributed by atoms with van der Waals surface area (Å²) in [5, 5.41) is 15.4. The van der Waals surface area contributed by atoms with Crippen molar-refractivity contribution >= 4 is 48.0 Å². The van der Waals surface area contributed by atoms with Crippen molar-refractivity contribution in [2.75, 3.05) is 25.1 Å². The summed E-state index contributed by atoms with van der Waals surface area (Å²) in [5.74, 6) is 1.66. The maximum atomic E-state index is 12.4. The number of hydrogen-bond acceptors (Lipinski definition) is 5. The largest absolute Gasteiger partial charge is 0.378 e. The van der Waals surface area contributed by atoms with E-state index in [0.717, 1.165) is 43.0 Å². The lowest BCUT2D eigenvalue weighted by Crippen LogP contribution is -2.48. The van der Waals surface area contributed by atoms with Crippen LogP contribution in [0, 0.1) is 0 Å². The van der Waals surface area contributed by atoms with E-state index in [1.807, 2.05) is 6.07 Å². The van der Waals surface area contributed by atoms with Crippen LogP contribution >= 0.6 is 36.4 Å². The van der Waals surface area contributed by atoms with Gasteiger partial charge in [-0.3, -0.25) is 4.79 Å². The summed E-state index contributed by atoms with van der Waals surface area (Å²) in [6, 6.07) is 5.11. The molecule has 1 unspecified atom stereocenters. The van der Waals surface area contributed by atoms with Gasteiger partial charge in [-0.15, -0.1) is 35.0 Å². The van der Waals surface area contributed by atoms with Crippen LogP contribution in [0.3, 0.4) is 0 Å². The Morgan fingerprint density at radius 1 is 1.25 bits per heavy atom. The Kier molecular flexibility index (Phi) is 8.52. The van der Waals surface area contributed by atoms with Crippen LogP contribution in [0.4, 0.5) is 5.69 Å². The minimum atomic E-state index is -0.341. The van der Waals surface area contributed by atoms with Crippen molar-refractivity contribution in [2.24, 2.45) is 0 Å². The van der Waals surface area contributed by atoms with Crippen molar-refractivity contribution in [1.29, 1.82) is 0 Å². The van der Waals surface area contributed by atoms with Gasteiger partial charge in [0.25, 0.3) is 0 Å². The zero-order valence-electron chi connectivity index (χ0n) is 15.3. The number of nitrogens with one attached hydrogen (secondary N) is 2. The minimum absolute atomic E-state index is 0. The second-order valence-corrected chi connectivity index (χ2v) is 7.07.